The molecular weight excluding hydrogens is 342 g/mol. The van der Waals surface area contributed by atoms with Gasteiger partial charge in [0.2, 0.25) is 11.8 Å². The monoisotopic (exact) mass is 351 g/mol. The average Bonchev–Trinajstić information content (AvgIpc) is 3.08. The van der Waals surface area contributed by atoms with Crippen molar-refractivity contribution in [3.63, 3.8) is 0 Å². The van der Waals surface area contributed by atoms with Crippen molar-refractivity contribution in [2.75, 3.05) is 4.90 Å². The number of rotatable bonds is 1. The molecule has 1 heterocycles. The topological polar surface area (TPSA) is 37.4 Å². The van der Waals surface area contributed by atoms with Gasteiger partial charge in [-0.15, -0.1) is 0 Å². The molecule has 5 heteroatoms. The highest BCUT2D eigenvalue weighted by Crippen LogP contribution is 2.53. The SMILES string of the molecule is O=C1C2C3C=CC(C3)C2C(=O)N1c1ccc(Br)c(Cl)c1. The van der Waals surface area contributed by atoms with Crippen molar-refractivity contribution in [3.05, 3.63) is 39.8 Å². The van der Waals surface area contributed by atoms with Crippen LogP contribution in [-0.2, 0) is 9.59 Å². The van der Waals surface area contributed by atoms with Gasteiger partial charge in [0.15, 0.2) is 0 Å². The lowest BCUT2D eigenvalue weighted by Gasteiger charge is -2.17. The number of anilines is 1. The Morgan fingerprint density at radius 2 is 1.70 bits per heavy atom. The lowest BCUT2D eigenvalue weighted by Crippen LogP contribution is -2.32. The molecule has 0 radical (unpaired) electrons. The Bertz CT molecular complexity index is 642. The highest BCUT2D eigenvalue weighted by atomic mass is 79.9. The number of nitrogens with zero attached hydrogens (tertiary/aromatic N) is 1. The van der Waals surface area contributed by atoms with E-state index in [-0.39, 0.29) is 35.5 Å². The second-order valence-electron chi connectivity index (χ2n) is 5.61. The molecule has 1 aliphatic heterocycles. The van der Waals surface area contributed by atoms with Crippen LogP contribution in [0.1, 0.15) is 6.42 Å². The van der Waals surface area contributed by atoms with Gasteiger partial charge in [0, 0.05) is 4.47 Å². The van der Waals surface area contributed by atoms with Crippen molar-refractivity contribution in [3.8, 4) is 0 Å². The summed E-state index contributed by atoms with van der Waals surface area (Å²) in [6.45, 7) is 0. The minimum absolute atomic E-state index is 0.0739. The molecule has 4 atom stereocenters. The number of allylic oxidation sites excluding steroid dienone is 2. The molecule has 1 aromatic rings. The summed E-state index contributed by atoms with van der Waals surface area (Å²) in [7, 11) is 0. The van der Waals surface area contributed by atoms with Gasteiger partial charge in [-0.1, -0.05) is 23.8 Å². The van der Waals surface area contributed by atoms with E-state index in [9.17, 15) is 9.59 Å². The molecule has 2 fully saturated rings. The maximum Gasteiger partial charge on any atom is 0.238 e. The second-order valence-corrected chi connectivity index (χ2v) is 6.87. The van der Waals surface area contributed by atoms with Crippen LogP contribution in [0.25, 0.3) is 0 Å². The molecule has 20 heavy (non-hydrogen) atoms. The minimum Gasteiger partial charge on any atom is -0.274 e. The van der Waals surface area contributed by atoms with E-state index in [1.807, 2.05) is 0 Å². The lowest BCUT2D eigenvalue weighted by atomic mass is 9.85. The number of halogens is 2. The van der Waals surface area contributed by atoms with Gasteiger partial charge in [0.05, 0.1) is 22.5 Å². The molecule has 0 spiro atoms. The number of imide groups is 1. The summed E-state index contributed by atoms with van der Waals surface area (Å²) < 4.78 is 0.754. The quantitative estimate of drug-likeness (QED) is 0.574. The fraction of sp³-hybridized carbons (Fsp3) is 0.333. The third-order valence-electron chi connectivity index (χ3n) is 4.63. The van der Waals surface area contributed by atoms with E-state index < -0.39 is 0 Å². The van der Waals surface area contributed by atoms with Gasteiger partial charge in [0.25, 0.3) is 0 Å². The van der Waals surface area contributed by atoms with Gasteiger partial charge >= 0.3 is 0 Å². The largest absolute Gasteiger partial charge is 0.274 e. The molecule has 0 aromatic heterocycles. The van der Waals surface area contributed by atoms with Gasteiger partial charge < -0.3 is 0 Å². The first-order valence-corrected chi connectivity index (χ1v) is 7.76. The zero-order chi connectivity index (χ0) is 14.0. The molecule has 1 aromatic carbocycles. The van der Waals surface area contributed by atoms with E-state index in [1.165, 1.54) is 4.90 Å². The number of carbonyl (C=O) groups is 2. The summed E-state index contributed by atoms with van der Waals surface area (Å²) in [6, 6.07) is 5.18. The molecule has 4 unspecified atom stereocenters. The molecular formula is C15H11BrClNO2. The molecule has 102 valence electrons. The van der Waals surface area contributed by atoms with Gasteiger partial charge in [-0.05, 0) is 52.4 Å². The summed E-state index contributed by atoms with van der Waals surface area (Å²) in [4.78, 5) is 26.5. The van der Waals surface area contributed by atoms with E-state index in [2.05, 4.69) is 28.1 Å². The molecule has 2 amide bonds. The average molecular weight is 353 g/mol. The smallest absolute Gasteiger partial charge is 0.238 e. The normalized spacial score (nSPS) is 34.2. The maximum atomic E-state index is 12.6. The van der Waals surface area contributed by atoms with Gasteiger partial charge in [-0.2, -0.15) is 0 Å². The van der Waals surface area contributed by atoms with Crippen molar-refractivity contribution in [1.82, 2.24) is 0 Å². The predicted octanol–water partition coefficient (Wildman–Crippen LogP) is 3.41. The van der Waals surface area contributed by atoms with Gasteiger partial charge in [-0.25, -0.2) is 4.90 Å². The molecule has 1 saturated heterocycles. The van der Waals surface area contributed by atoms with E-state index in [1.54, 1.807) is 18.2 Å². The van der Waals surface area contributed by atoms with E-state index in [4.69, 9.17) is 11.6 Å². The number of benzene rings is 1. The summed E-state index contributed by atoms with van der Waals surface area (Å²) in [5.41, 5.74) is 0.571. The zero-order valence-electron chi connectivity index (χ0n) is 10.4. The number of fused-ring (bicyclic) bond motifs is 5. The van der Waals surface area contributed by atoms with Crippen LogP contribution < -0.4 is 4.90 Å². The molecule has 0 N–H and O–H groups in total. The van der Waals surface area contributed by atoms with E-state index in [0.29, 0.717) is 10.7 Å². The number of hydrogen-bond acceptors (Lipinski definition) is 2. The third-order valence-corrected chi connectivity index (χ3v) is 5.86. The number of carbonyl (C=O) groups excluding carboxylic acids is 2. The van der Waals surface area contributed by atoms with Crippen molar-refractivity contribution in [2.45, 2.75) is 6.42 Å². The van der Waals surface area contributed by atoms with Crippen LogP contribution in [0.4, 0.5) is 5.69 Å². The summed E-state index contributed by atoms with van der Waals surface area (Å²) in [5.74, 6) is -0.0138. The maximum absolute atomic E-state index is 12.6. The van der Waals surface area contributed by atoms with Crippen LogP contribution >= 0.6 is 27.5 Å². The van der Waals surface area contributed by atoms with Crippen molar-refractivity contribution in [2.24, 2.45) is 23.7 Å². The Balaban J connectivity index is 1.76. The Hall–Kier alpha value is -1.13. The molecule has 2 aliphatic carbocycles. The zero-order valence-corrected chi connectivity index (χ0v) is 12.8. The first-order valence-electron chi connectivity index (χ1n) is 6.59. The number of amides is 2. The lowest BCUT2D eigenvalue weighted by molar-refractivity contribution is -0.123. The molecule has 3 nitrogen and oxygen atoms in total. The van der Waals surface area contributed by atoms with Gasteiger partial charge in [-0.3, -0.25) is 9.59 Å². The minimum atomic E-state index is -0.167. The fourth-order valence-corrected chi connectivity index (χ4v) is 4.20. The Labute approximate surface area is 129 Å². The van der Waals surface area contributed by atoms with Crippen LogP contribution in [-0.4, -0.2) is 11.8 Å². The first-order chi connectivity index (χ1) is 9.58. The van der Waals surface area contributed by atoms with Crippen molar-refractivity contribution >= 4 is 45.0 Å². The number of hydrogen-bond donors (Lipinski definition) is 0. The molecule has 1 saturated carbocycles. The van der Waals surface area contributed by atoms with E-state index >= 15 is 0 Å². The summed E-state index contributed by atoms with van der Waals surface area (Å²) >= 11 is 9.39. The third kappa shape index (κ3) is 1.52. The first kappa shape index (κ1) is 12.6. The molecule has 2 bridgehead atoms. The van der Waals surface area contributed by atoms with E-state index in [0.717, 1.165) is 10.9 Å². The second kappa shape index (κ2) is 4.18. The predicted molar refractivity (Wildman–Crippen MR) is 79.4 cm³/mol. The van der Waals surface area contributed by atoms with Crippen LogP contribution in [0.15, 0.2) is 34.8 Å². The van der Waals surface area contributed by atoms with Crippen LogP contribution in [0, 0.1) is 23.7 Å². The molecule has 3 aliphatic rings. The Morgan fingerprint density at radius 3 is 2.25 bits per heavy atom. The molecule has 4 rings (SSSR count). The van der Waals surface area contributed by atoms with Gasteiger partial charge in [0.1, 0.15) is 0 Å². The van der Waals surface area contributed by atoms with Crippen LogP contribution in [0.2, 0.25) is 5.02 Å². The van der Waals surface area contributed by atoms with Crippen LogP contribution in [0.3, 0.4) is 0 Å². The highest BCUT2D eigenvalue weighted by Gasteiger charge is 2.59. The van der Waals surface area contributed by atoms with Crippen molar-refractivity contribution < 1.29 is 9.59 Å². The highest BCUT2D eigenvalue weighted by molar-refractivity contribution is 9.10. The van der Waals surface area contributed by atoms with Crippen LogP contribution in [0.5, 0.6) is 0 Å². The summed E-state index contributed by atoms with van der Waals surface area (Å²) in [6.07, 6.45) is 5.13. The Kier molecular flexibility index (Phi) is 2.63. The van der Waals surface area contributed by atoms with Crippen molar-refractivity contribution in [1.29, 1.82) is 0 Å². The summed E-state index contributed by atoms with van der Waals surface area (Å²) in [5, 5.41) is 0.501. The standard InChI is InChI=1S/C15H11BrClNO2/c16-10-4-3-9(6-11(10)17)18-14(19)12-7-1-2-8(5-7)13(12)15(18)20/h1-4,6-8,12-13H,5H2. The fourth-order valence-electron chi connectivity index (χ4n) is 3.78. The Morgan fingerprint density at radius 1 is 1.10 bits per heavy atom.